The zero-order valence-corrected chi connectivity index (χ0v) is 13.9. The summed E-state index contributed by atoms with van der Waals surface area (Å²) in [6.45, 7) is 18.1. The van der Waals surface area contributed by atoms with E-state index < -0.39 is 23.3 Å². The molecule has 0 aromatic heterocycles. The zero-order valence-electron chi connectivity index (χ0n) is 13.9. The summed E-state index contributed by atoms with van der Waals surface area (Å²) < 4.78 is 15.1. The topological polar surface area (TPSA) is 78.9 Å². The molecule has 0 aromatic carbocycles. The molecule has 0 rings (SSSR count). The van der Waals surface area contributed by atoms with E-state index in [0.29, 0.717) is 0 Å². The standard InChI is InChI=1S/C17H23O6/c1-11(2)14(18)21-8-17(7,9-22-15(19)12(3)4)10-23-16(20)13(5)6/h1,3,5,7-10H2,2,4,6H3. The predicted octanol–water partition coefficient (Wildman–Crippen LogP) is 2.16. The Morgan fingerprint density at radius 2 is 0.913 bits per heavy atom. The monoisotopic (exact) mass is 323 g/mol. The van der Waals surface area contributed by atoms with Crippen LogP contribution in [-0.2, 0) is 28.6 Å². The lowest BCUT2D eigenvalue weighted by Crippen LogP contribution is -2.37. The smallest absolute Gasteiger partial charge is 0.333 e. The number of esters is 3. The van der Waals surface area contributed by atoms with Crippen LogP contribution in [0.2, 0.25) is 0 Å². The molecule has 0 amide bonds. The first-order valence-corrected chi connectivity index (χ1v) is 6.82. The Morgan fingerprint density at radius 3 is 1.09 bits per heavy atom. The minimum Gasteiger partial charge on any atom is -0.461 e. The molecule has 0 N–H and O–H groups in total. The average molecular weight is 323 g/mol. The lowest BCUT2D eigenvalue weighted by molar-refractivity contribution is -0.153. The zero-order chi connectivity index (χ0) is 18.2. The van der Waals surface area contributed by atoms with Crippen molar-refractivity contribution in [1.29, 1.82) is 0 Å². The van der Waals surface area contributed by atoms with Crippen LogP contribution < -0.4 is 0 Å². The normalized spacial score (nSPS) is 10.4. The SMILES string of the molecule is [CH2]C(COC(=O)C(=C)C)(COC(=O)C(=C)C)COC(=O)C(=C)C. The molecular weight excluding hydrogens is 300 g/mol. The Labute approximate surface area is 136 Å². The molecule has 0 aliphatic carbocycles. The number of carbonyl (C=O) groups is 3. The van der Waals surface area contributed by atoms with Crippen LogP contribution in [0, 0.1) is 12.3 Å². The predicted molar refractivity (Wildman–Crippen MR) is 85.1 cm³/mol. The van der Waals surface area contributed by atoms with Gasteiger partial charge in [-0.1, -0.05) is 19.7 Å². The van der Waals surface area contributed by atoms with Crippen molar-refractivity contribution in [3.63, 3.8) is 0 Å². The van der Waals surface area contributed by atoms with Gasteiger partial charge < -0.3 is 14.2 Å². The molecule has 0 bridgehead atoms. The van der Waals surface area contributed by atoms with Crippen LogP contribution in [0.3, 0.4) is 0 Å². The number of hydrogen-bond donors (Lipinski definition) is 0. The van der Waals surface area contributed by atoms with Gasteiger partial charge in [-0.25, -0.2) is 14.4 Å². The third-order valence-electron chi connectivity index (χ3n) is 2.57. The summed E-state index contributed by atoms with van der Waals surface area (Å²) in [5.74, 6) is -1.85. The number of carbonyl (C=O) groups excluding carboxylic acids is 3. The molecular formula is C17H23O6. The Kier molecular flexibility index (Phi) is 8.00. The quantitative estimate of drug-likeness (QED) is 0.367. The summed E-state index contributed by atoms with van der Waals surface area (Å²) >= 11 is 0. The van der Waals surface area contributed by atoms with Crippen LogP contribution in [0.1, 0.15) is 20.8 Å². The molecule has 0 saturated carbocycles. The molecule has 0 atom stereocenters. The van der Waals surface area contributed by atoms with Gasteiger partial charge in [-0.05, 0) is 27.7 Å². The molecule has 127 valence electrons. The van der Waals surface area contributed by atoms with Gasteiger partial charge in [0.05, 0.1) is 5.41 Å². The van der Waals surface area contributed by atoms with E-state index in [1.807, 2.05) is 0 Å². The van der Waals surface area contributed by atoms with Crippen molar-refractivity contribution in [2.45, 2.75) is 20.8 Å². The molecule has 0 aromatic rings. The highest BCUT2D eigenvalue weighted by molar-refractivity contribution is 5.88. The lowest BCUT2D eigenvalue weighted by Gasteiger charge is -2.28. The third kappa shape index (κ3) is 7.99. The summed E-state index contributed by atoms with van der Waals surface area (Å²) in [7, 11) is 0. The van der Waals surface area contributed by atoms with Gasteiger partial charge in [0.2, 0.25) is 0 Å². The van der Waals surface area contributed by atoms with Crippen molar-refractivity contribution in [2.75, 3.05) is 19.8 Å². The van der Waals surface area contributed by atoms with E-state index in [9.17, 15) is 14.4 Å². The second-order valence-corrected chi connectivity index (χ2v) is 5.57. The van der Waals surface area contributed by atoms with Crippen molar-refractivity contribution < 1.29 is 28.6 Å². The molecule has 0 fully saturated rings. The molecule has 0 aliphatic rings. The van der Waals surface area contributed by atoms with E-state index in [0.717, 1.165) is 0 Å². The highest BCUT2D eigenvalue weighted by Crippen LogP contribution is 2.20. The van der Waals surface area contributed by atoms with E-state index in [2.05, 4.69) is 26.7 Å². The minimum absolute atomic E-state index is 0.213. The van der Waals surface area contributed by atoms with Crippen LogP contribution in [-0.4, -0.2) is 37.7 Å². The van der Waals surface area contributed by atoms with Gasteiger partial charge >= 0.3 is 17.9 Å². The highest BCUT2D eigenvalue weighted by Gasteiger charge is 2.31. The van der Waals surface area contributed by atoms with Crippen molar-refractivity contribution in [2.24, 2.45) is 5.41 Å². The summed E-state index contributed by atoms with van der Waals surface area (Å²) in [6, 6.07) is 0. The molecule has 23 heavy (non-hydrogen) atoms. The number of hydrogen-bond acceptors (Lipinski definition) is 6. The Hall–Kier alpha value is -2.37. The molecule has 6 nitrogen and oxygen atoms in total. The fourth-order valence-electron chi connectivity index (χ4n) is 1.15. The van der Waals surface area contributed by atoms with E-state index in [4.69, 9.17) is 14.2 Å². The molecule has 1 radical (unpaired) electrons. The summed E-state index contributed by atoms with van der Waals surface area (Å²) in [5.41, 5.74) is -0.512. The summed E-state index contributed by atoms with van der Waals surface area (Å²) in [5, 5.41) is 0. The largest absolute Gasteiger partial charge is 0.461 e. The number of ether oxygens (including phenoxy) is 3. The second kappa shape index (κ2) is 8.92. The van der Waals surface area contributed by atoms with Crippen LogP contribution in [0.25, 0.3) is 0 Å². The average Bonchev–Trinajstić information content (AvgIpc) is 2.47. The van der Waals surface area contributed by atoms with E-state index in [-0.39, 0.29) is 36.5 Å². The van der Waals surface area contributed by atoms with Gasteiger partial charge in [0.1, 0.15) is 19.8 Å². The van der Waals surface area contributed by atoms with Gasteiger partial charge in [0.15, 0.2) is 0 Å². The van der Waals surface area contributed by atoms with Gasteiger partial charge in [-0.15, -0.1) is 0 Å². The van der Waals surface area contributed by atoms with Crippen molar-refractivity contribution >= 4 is 17.9 Å². The molecule has 0 saturated heterocycles. The second-order valence-electron chi connectivity index (χ2n) is 5.57. The maximum Gasteiger partial charge on any atom is 0.333 e. The van der Waals surface area contributed by atoms with Gasteiger partial charge in [0.25, 0.3) is 0 Å². The first kappa shape index (κ1) is 20.6. The molecule has 0 unspecified atom stereocenters. The summed E-state index contributed by atoms with van der Waals surface area (Å²) in [4.78, 5) is 34.5. The minimum atomic E-state index is -1.15. The van der Waals surface area contributed by atoms with Gasteiger partial charge in [-0.3, -0.25) is 0 Å². The lowest BCUT2D eigenvalue weighted by atomic mass is 9.94. The van der Waals surface area contributed by atoms with Gasteiger partial charge in [0, 0.05) is 16.7 Å². The van der Waals surface area contributed by atoms with E-state index >= 15 is 0 Å². The Morgan fingerprint density at radius 1 is 0.696 bits per heavy atom. The molecule has 0 spiro atoms. The van der Waals surface area contributed by atoms with Crippen molar-refractivity contribution in [3.8, 4) is 0 Å². The van der Waals surface area contributed by atoms with Crippen LogP contribution in [0.4, 0.5) is 0 Å². The van der Waals surface area contributed by atoms with E-state index in [1.54, 1.807) is 0 Å². The van der Waals surface area contributed by atoms with Gasteiger partial charge in [-0.2, -0.15) is 0 Å². The van der Waals surface area contributed by atoms with Crippen LogP contribution >= 0.6 is 0 Å². The summed E-state index contributed by atoms with van der Waals surface area (Å²) in [6.07, 6.45) is 0. The molecule has 0 aliphatic heterocycles. The van der Waals surface area contributed by atoms with Crippen molar-refractivity contribution in [1.82, 2.24) is 0 Å². The highest BCUT2D eigenvalue weighted by atomic mass is 16.6. The van der Waals surface area contributed by atoms with E-state index in [1.165, 1.54) is 20.8 Å². The van der Waals surface area contributed by atoms with Crippen molar-refractivity contribution in [3.05, 3.63) is 43.4 Å². The fourth-order valence-corrected chi connectivity index (χ4v) is 1.15. The maximum atomic E-state index is 11.5. The molecule has 6 heteroatoms. The maximum absolute atomic E-state index is 11.5. The van der Waals surface area contributed by atoms with Crippen LogP contribution in [0.15, 0.2) is 36.5 Å². The Balaban J connectivity index is 4.87. The fraction of sp³-hybridized carbons (Fsp3) is 0.412. The first-order chi connectivity index (χ1) is 10.5. The first-order valence-electron chi connectivity index (χ1n) is 6.82. The number of rotatable bonds is 9. The molecule has 0 heterocycles. The third-order valence-corrected chi connectivity index (χ3v) is 2.57. The Bertz CT molecular complexity index is 455. The van der Waals surface area contributed by atoms with Crippen LogP contribution in [0.5, 0.6) is 0 Å².